The minimum absolute atomic E-state index is 0.500. The molecule has 6 heteroatoms. The van der Waals surface area contributed by atoms with Gasteiger partial charge in [0.2, 0.25) is 0 Å². The predicted octanol–water partition coefficient (Wildman–Crippen LogP) is 21.5. The number of nitrogens with zero attached hydrogens (tertiary/aromatic N) is 2. The average molecular weight is 1030 g/mol. The Labute approximate surface area is 461 Å². The van der Waals surface area contributed by atoms with Crippen molar-refractivity contribution in [2.24, 2.45) is 0 Å². The number of para-hydroxylation sites is 8. The van der Waals surface area contributed by atoms with Gasteiger partial charge in [-0.3, -0.25) is 0 Å². The lowest BCUT2D eigenvalue weighted by atomic mass is 9.72. The third-order valence-electron chi connectivity index (χ3n) is 18.0. The summed E-state index contributed by atoms with van der Waals surface area (Å²) in [5, 5.41) is 8.58. The number of aryl methyl sites for hydroxylation is 2. The summed E-state index contributed by atoms with van der Waals surface area (Å²) in [6.45, 7) is 14.1. The molecule has 0 spiro atoms. The van der Waals surface area contributed by atoms with Crippen molar-refractivity contribution in [3.63, 3.8) is 0 Å². The Balaban J connectivity index is 0.937. The molecule has 0 radical (unpaired) electrons. The van der Waals surface area contributed by atoms with Crippen molar-refractivity contribution in [2.75, 3.05) is 9.80 Å². The SMILES string of the molecule is Cc1ccccc1N(c1cccc2c1oc1ccccc12)c1cc2c(c3oc4ccccc4c13)-c1ccc3c(c1C2(C)C)C(C)(C)c1cc(N(c2ccccc2C)c2cccc4c2oc2ccccc24)c2c(oc4ccccc42)c1-3. The first-order valence-electron chi connectivity index (χ1n) is 27.7. The van der Waals surface area contributed by atoms with Gasteiger partial charge in [0.1, 0.15) is 33.5 Å². The van der Waals surface area contributed by atoms with Crippen molar-refractivity contribution in [1.82, 2.24) is 0 Å². The molecule has 0 saturated heterocycles. The van der Waals surface area contributed by atoms with Gasteiger partial charge >= 0.3 is 0 Å². The molecule has 2 aliphatic carbocycles. The van der Waals surface area contributed by atoms with E-state index in [4.69, 9.17) is 17.7 Å². The Hall–Kier alpha value is -9.78. The van der Waals surface area contributed by atoms with Crippen molar-refractivity contribution >= 4 is 122 Å². The van der Waals surface area contributed by atoms with Gasteiger partial charge in [-0.1, -0.05) is 173 Å². The monoisotopic (exact) mass is 1030 g/mol. The summed E-state index contributed by atoms with van der Waals surface area (Å²) in [7, 11) is 0. The molecular weight excluding hydrogens is 981 g/mol. The second-order valence-corrected chi connectivity index (χ2v) is 23.1. The molecule has 382 valence electrons. The largest absolute Gasteiger partial charge is 0.455 e. The van der Waals surface area contributed by atoms with Crippen LogP contribution in [0.5, 0.6) is 0 Å². The first-order valence-corrected chi connectivity index (χ1v) is 27.7. The molecule has 80 heavy (non-hydrogen) atoms. The average Bonchev–Trinajstić information content (AvgIpc) is 3.47. The summed E-state index contributed by atoms with van der Waals surface area (Å²) in [6.07, 6.45) is 0. The van der Waals surface area contributed by atoms with Crippen LogP contribution in [0.4, 0.5) is 34.1 Å². The number of benzene rings is 11. The van der Waals surface area contributed by atoms with E-state index >= 15 is 0 Å². The van der Waals surface area contributed by atoms with Crippen molar-refractivity contribution in [1.29, 1.82) is 0 Å². The van der Waals surface area contributed by atoms with E-state index in [1.165, 1.54) is 33.4 Å². The summed E-state index contributed by atoms with van der Waals surface area (Å²) in [5.74, 6) is 0. The fourth-order valence-corrected chi connectivity index (χ4v) is 14.4. The maximum atomic E-state index is 7.31. The van der Waals surface area contributed by atoms with E-state index in [2.05, 4.69) is 245 Å². The van der Waals surface area contributed by atoms with Gasteiger partial charge in [-0.05, 0) is 119 Å². The van der Waals surface area contributed by atoms with Crippen molar-refractivity contribution in [3.8, 4) is 22.3 Å². The molecule has 0 atom stereocenters. The van der Waals surface area contributed by atoms with E-state index in [1.54, 1.807) is 0 Å². The van der Waals surface area contributed by atoms with Crippen LogP contribution in [0.1, 0.15) is 61.1 Å². The van der Waals surface area contributed by atoms with Crippen LogP contribution >= 0.6 is 0 Å². The van der Waals surface area contributed by atoms with Crippen LogP contribution in [-0.2, 0) is 10.8 Å². The first-order chi connectivity index (χ1) is 39.1. The minimum Gasteiger partial charge on any atom is -0.455 e. The van der Waals surface area contributed by atoms with Crippen LogP contribution in [0.3, 0.4) is 0 Å². The Bertz CT molecular complexity index is 4870. The lowest BCUT2D eigenvalue weighted by Gasteiger charge is -2.32. The van der Waals surface area contributed by atoms with E-state index in [0.717, 1.165) is 144 Å². The van der Waals surface area contributed by atoms with Gasteiger partial charge in [0, 0.05) is 65.6 Å². The quantitative estimate of drug-likeness (QED) is 0.165. The van der Waals surface area contributed by atoms with Gasteiger partial charge in [-0.25, -0.2) is 0 Å². The molecule has 4 heterocycles. The van der Waals surface area contributed by atoms with E-state index in [1.807, 2.05) is 12.1 Å². The molecule has 0 amide bonds. The molecule has 0 unspecified atom stereocenters. The molecule has 11 aromatic carbocycles. The highest BCUT2D eigenvalue weighted by molar-refractivity contribution is 6.23. The van der Waals surface area contributed by atoms with Gasteiger partial charge in [0.05, 0.1) is 33.5 Å². The van der Waals surface area contributed by atoms with E-state index in [-0.39, 0.29) is 0 Å². The molecule has 0 N–H and O–H groups in total. The highest BCUT2D eigenvalue weighted by atomic mass is 16.3. The van der Waals surface area contributed by atoms with Crippen LogP contribution in [0, 0.1) is 13.8 Å². The van der Waals surface area contributed by atoms with Crippen molar-refractivity contribution in [3.05, 3.63) is 240 Å². The number of rotatable bonds is 6. The second kappa shape index (κ2) is 15.9. The highest BCUT2D eigenvalue weighted by Gasteiger charge is 2.49. The van der Waals surface area contributed by atoms with Crippen LogP contribution < -0.4 is 9.80 Å². The second-order valence-electron chi connectivity index (χ2n) is 23.1. The molecule has 0 fully saturated rings. The van der Waals surface area contributed by atoms with Gasteiger partial charge in [-0.2, -0.15) is 0 Å². The lowest BCUT2D eigenvalue weighted by Crippen LogP contribution is -2.24. The Kier molecular flexibility index (Phi) is 9.01. The third-order valence-corrected chi connectivity index (χ3v) is 18.0. The van der Waals surface area contributed by atoms with E-state index in [0.29, 0.717) is 0 Å². The molecule has 17 rings (SSSR count). The fraction of sp³-hybridized carbons (Fsp3) is 0.108. The summed E-state index contributed by atoms with van der Waals surface area (Å²) in [6, 6.07) is 73.9. The summed E-state index contributed by atoms with van der Waals surface area (Å²) in [5.41, 5.74) is 24.0. The zero-order valence-electron chi connectivity index (χ0n) is 45.2. The molecule has 2 aliphatic rings. The zero-order chi connectivity index (χ0) is 53.5. The van der Waals surface area contributed by atoms with Crippen molar-refractivity contribution in [2.45, 2.75) is 52.4 Å². The Morgan fingerprint density at radius 2 is 0.625 bits per heavy atom. The molecule has 0 aliphatic heterocycles. The maximum Gasteiger partial charge on any atom is 0.159 e. The molecule has 0 saturated carbocycles. The zero-order valence-corrected chi connectivity index (χ0v) is 45.2. The van der Waals surface area contributed by atoms with Crippen LogP contribution in [0.2, 0.25) is 0 Å². The van der Waals surface area contributed by atoms with Gasteiger partial charge in [0.15, 0.2) is 11.2 Å². The Morgan fingerprint density at radius 1 is 0.300 bits per heavy atom. The number of hydrogen-bond acceptors (Lipinski definition) is 6. The molecule has 4 aromatic heterocycles. The van der Waals surface area contributed by atoms with Crippen molar-refractivity contribution < 1.29 is 17.7 Å². The summed E-state index contributed by atoms with van der Waals surface area (Å²) < 4.78 is 28.4. The van der Waals surface area contributed by atoms with E-state index in [9.17, 15) is 0 Å². The molecule has 15 aromatic rings. The summed E-state index contributed by atoms with van der Waals surface area (Å²) in [4.78, 5) is 4.86. The van der Waals surface area contributed by atoms with E-state index < -0.39 is 10.8 Å². The van der Waals surface area contributed by atoms with Crippen LogP contribution in [-0.4, -0.2) is 0 Å². The third kappa shape index (κ3) is 5.87. The predicted molar refractivity (Wildman–Crippen MR) is 330 cm³/mol. The first kappa shape index (κ1) is 45.3. The smallest absolute Gasteiger partial charge is 0.159 e. The van der Waals surface area contributed by atoms with Gasteiger partial charge in [0.25, 0.3) is 0 Å². The standard InChI is InChI=1S/C74H52N2O4/c1-41-21-7-13-29-53(41)75(55-31-19-27-45-43-23-9-15-33-59(43)77-69(45)55)57-39-51-63(71-65(57)47-25-11-17-35-61(47)79-71)49-37-38-50-64-52(74(5,6)68(50)67(49)73(51,3)4)40-58(66-48-26-12-18-36-62(48)80-72(64)66)76(54-30-14-8-22-42(54)2)56-32-20-28-46-44-24-10-16-34-60(44)78-70(46)56/h7-40H,1-6H3. The number of hydrogen-bond donors (Lipinski definition) is 0. The van der Waals surface area contributed by atoms with Crippen LogP contribution in [0.15, 0.2) is 224 Å². The highest BCUT2D eigenvalue weighted by Crippen LogP contribution is 2.64. The molecular formula is C74H52N2O4. The topological polar surface area (TPSA) is 59.0 Å². The normalized spacial score (nSPS) is 14.1. The van der Waals surface area contributed by atoms with Gasteiger partial charge < -0.3 is 27.5 Å². The van der Waals surface area contributed by atoms with Gasteiger partial charge in [-0.15, -0.1) is 0 Å². The number of furan rings is 4. The maximum absolute atomic E-state index is 7.31. The number of fused-ring (bicyclic) bond motifs is 21. The van der Waals surface area contributed by atoms with Crippen LogP contribution in [0.25, 0.3) is 110 Å². The summed E-state index contributed by atoms with van der Waals surface area (Å²) >= 11 is 0. The number of anilines is 6. The lowest BCUT2D eigenvalue weighted by molar-refractivity contribution is 0.600. The fourth-order valence-electron chi connectivity index (χ4n) is 14.4. The molecule has 6 nitrogen and oxygen atoms in total. The molecule has 0 bridgehead atoms. The Morgan fingerprint density at radius 3 is 1.04 bits per heavy atom. The minimum atomic E-state index is -0.500.